The molecule has 0 spiro atoms. The number of benzene rings is 2. The molecule has 0 amide bonds. The number of carbonyl (C=O) groups is 1. The van der Waals surface area contributed by atoms with Gasteiger partial charge < -0.3 is 23.7 Å². The third-order valence-corrected chi connectivity index (χ3v) is 5.14. The van der Waals surface area contributed by atoms with Gasteiger partial charge in [-0.15, -0.1) is 0 Å². The van der Waals surface area contributed by atoms with Crippen LogP contribution in [0.3, 0.4) is 0 Å². The topological polar surface area (TPSA) is 63.2 Å². The molecule has 2 aromatic carbocycles. The van der Waals surface area contributed by atoms with Crippen molar-refractivity contribution in [1.82, 2.24) is 0 Å². The van der Waals surface area contributed by atoms with Gasteiger partial charge in [-0.2, -0.15) is 0 Å². The van der Waals surface area contributed by atoms with Crippen LogP contribution in [0.5, 0.6) is 17.2 Å². The van der Waals surface area contributed by atoms with E-state index >= 15 is 0 Å². The van der Waals surface area contributed by atoms with Crippen LogP contribution < -0.4 is 14.2 Å². The summed E-state index contributed by atoms with van der Waals surface area (Å²) >= 11 is 3.48. The number of ether oxygens (including phenoxy) is 5. The molecular formula is C21H21BrO6. The third kappa shape index (κ3) is 3.25. The van der Waals surface area contributed by atoms with E-state index in [1.807, 2.05) is 30.3 Å². The van der Waals surface area contributed by atoms with Gasteiger partial charge in [-0.3, -0.25) is 0 Å². The number of hydrogen-bond acceptors (Lipinski definition) is 6. The standard InChI is InChI=1S/C21H21BrO6/c1-24-17-11-14(12-18(25-2)19(17)26-3)21(20(23)27-4)16(8-9-28-21)13-6-5-7-15(22)10-13/h5-8,10-12H,9H2,1-4H3. The number of esters is 1. The minimum absolute atomic E-state index is 0.258. The smallest absolute Gasteiger partial charge is 0.347 e. The Kier molecular flexibility index (Phi) is 5.96. The maximum absolute atomic E-state index is 13.0. The van der Waals surface area contributed by atoms with Gasteiger partial charge in [0.15, 0.2) is 11.5 Å². The summed E-state index contributed by atoms with van der Waals surface area (Å²) in [6.07, 6.45) is 1.88. The van der Waals surface area contributed by atoms with E-state index in [9.17, 15) is 4.79 Å². The van der Waals surface area contributed by atoms with Crippen molar-refractivity contribution in [2.75, 3.05) is 35.0 Å². The molecule has 2 aromatic rings. The molecule has 0 saturated heterocycles. The minimum Gasteiger partial charge on any atom is -0.493 e. The highest BCUT2D eigenvalue weighted by molar-refractivity contribution is 9.10. The Balaban J connectivity index is 2.27. The van der Waals surface area contributed by atoms with E-state index in [2.05, 4.69) is 15.9 Å². The Hall–Kier alpha value is -2.51. The normalized spacial score (nSPS) is 18.4. The van der Waals surface area contributed by atoms with Crippen LogP contribution in [-0.4, -0.2) is 41.0 Å². The van der Waals surface area contributed by atoms with Crippen molar-refractivity contribution in [2.24, 2.45) is 0 Å². The van der Waals surface area contributed by atoms with Crippen LogP contribution >= 0.6 is 15.9 Å². The summed E-state index contributed by atoms with van der Waals surface area (Å²) in [4.78, 5) is 13.0. The molecule has 1 heterocycles. The van der Waals surface area contributed by atoms with E-state index in [1.54, 1.807) is 12.1 Å². The molecule has 0 bridgehead atoms. The molecular weight excluding hydrogens is 428 g/mol. The average Bonchev–Trinajstić information content (AvgIpc) is 3.18. The first-order chi connectivity index (χ1) is 13.5. The van der Waals surface area contributed by atoms with Gasteiger partial charge >= 0.3 is 5.97 Å². The summed E-state index contributed by atoms with van der Waals surface area (Å²) in [6, 6.07) is 11.1. The second-order valence-corrected chi connectivity index (χ2v) is 6.94. The van der Waals surface area contributed by atoms with Gasteiger partial charge in [-0.1, -0.05) is 34.1 Å². The molecule has 3 rings (SSSR count). The Morgan fingerprint density at radius 3 is 2.25 bits per heavy atom. The predicted octanol–water partition coefficient (Wildman–Crippen LogP) is 3.96. The number of hydrogen-bond donors (Lipinski definition) is 0. The van der Waals surface area contributed by atoms with E-state index in [-0.39, 0.29) is 6.61 Å². The highest BCUT2D eigenvalue weighted by atomic mass is 79.9. The lowest BCUT2D eigenvalue weighted by Crippen LogP contribution is -2.38. The van der Waals surface area contributed by atoms with Crippen molar-refractivity contribution in [3.05, 3.63) is 58.1 Å². The second-order valence-electron chi connectivity index (χ2n) is 6.03. The average molecular weight is 449 g/mol. The van der Waals surface area contributed by atoms with Gasteiger partial charge in [0.05, 0.1) is 35.0 Å². The van der Waals surface area contributed by atoms with E-state index in [0.717, 1.165) is 10.0 Å². The largest absolute Gasteiger partial charge is 0.493 e. The zero-order chi connectivity index (χ0) is 20.3. The first-order valence-corrected chi connectivity index (χ1v) is 9.30. The highest BCUT2D eigenvalue weighted by Gasteiger charge is 2.50. The molecule has 148 valence electrons. The molecule has 1 atom stereocenters. The molecule has 6 nitrogen and oxygen atoms in total. The van der Waals surface area contributed by atoms with Crippen LogP contribution in [0.4, 0.5) is 0 Å². The summed E-state index contributed by atoms with van der Waals surface area (Å²) in [5.74, 6) is 0.735. The summed E-state index contributed by atoms with van der Waals surface area (Å²) < 4.78 is 28.4. The van der Waals surface area contributed by atoms with Gasteiger partial charge in [0, 0.05) is 15.6 Å². The second kappa shape index (κ2) is 8.24. The van der Waals surface area contributed by atoms with Gasteiger partial charge in [-0.25, -0.2) is 4.79 Å². The Labute approximate surface area is 172 Å². The first kappa shape index (κ1) is 20.2. The lowest BCUT2D eigenvalue weighted by molar-refractivity contribution is -0.160. The van der Waals surface area contributed by atoms with Crippen molar-refractivity contribution in [2.45, 2.75) is 5.60 Å². The molecule has 28 heavy (non-hydrogen) atoms. The number of carbonyl (C=O) groups excluding carboxylic acids is 1. The maximum Gasteiger partial charge on any atom is 0.347 e. The van der Waals surface area contributed by atoms with Crippen LogP contribution in [0.1, 0.15) is 11.1 Å². The third-order valence-electron chi connectivity index (χ3n) is 4.65. The van der Waals surface area contributed by atoms with E-state index in [1.165, 1.54) is 28.4 Å². The number of rotatable bonds is 6. The van der Waals surface area contributed by atoms with Crippen LogP contribution in [0.2, 0.25) is 0 Å². The van der Waals surface area contributed by atoms with Crippen LogP contribution in [0.15, 0.2) is 46.9 Å². The lowest BCUT2D eigenvalue weighted by atomic mass is 9.82. The Bertz CT molecular complexity index is 898. The van der Waals surface area contributed by atoms with Crippen molar-refractivity contribution < 1.29 is 28.5 Å². The van der Waals surface area contributed by atoms with E-state index in [4.69, 9.17) is 23.7 Å². The van der Waals surface area contributed by atoms with Gasteiger partial charge in [0.25, 0.3) is 0 Å². The fourth-order valence-electron chi connectivity index (χ4n) is 3.40. The summed E-state index contributed by atoms with van der Waals surface area (Å²) in [5, 5.41) is 0. The summed E-state index contributed by atoms with van der Waals surface area (Å²) in [5.41, 5.74) is 0.598. The van der Waals surface area contributed by atoms with Gasteiger partial charge in [0.1, 0.15) is 0 Å². The zero-order valence-electron chi connectivity index (χ0n) is 16.1. The van der Waals surface area contributed by atoms with Gasteiger partial charge in [0.2, 0.25) is 11.4 Å². The fourth-order valence-corrected chi connectivity index (χ4v) is 3.80. The van der Waals surface area contributed by atoms with Gasteiger partial charge in [-0.05, 0) is 29.8 Å². The Morgan fingerprint density at radius 1 is 1.04 bits per heavy atom. The molecule has 0 N–H and O–H groups in total. The zero-order valence-corrected chi connectivity index (χ0v) is 17.7. The molecule has 0 saturated carbocycles. The van der Waals surface area contributed by atoms with Crippen molar-refractivity contribution in [3.63, 3.8) is 0 Å². The van der Waals surface area contributed by atoms with Crippen molar-refractivity contribution in [1.29, 1.82) is 0 Å². The predicted molar refractivity (Wildman–Crippen MR) is 108 cm³/mol. The molecule has 0 radical (unpaired) electrons. The van der Waals surface area contributed by atoms with E-state index < -0.39 is 11.6 Å². The summed E-state index contributed by atoms with van der Waals surface area (Å²) in [6.45, 7) is 0.258. The molecule has 0 aromatic heterocycles. The molecule has 1 aliphatic heterocycles. The SMILES string of the molecule is COC(=O)C1(c2cc(OC)c(OC)c(OC)c2)OCC=C1c1cccc(Br)c1. The number of methoxy groups -OCH3 is 4. The lowest BCUT2D eigenvalue weighted by Gasteiger charge is -2.30. The first-order valence-electron chi connectivity index (χ1n) is 8.51. The summed E-state index contributed by atoms with van der Waals surface area (Å²) in [7, 11) is 5.90. The Morgan fingerprint density at radius 2 is 1.71 bits per heavy atom. The van der Waals surface area contributed by atoms with Crippen LogP contribution in [0.25, 0.3) is 5.57 Å². The van der Waals surface area contributed by atoms with Crippen LogP contribution in [0, 0.1) is 0 Å². The molecule has 0 aliphatic carbocycles. The molecule has 7 heteroatoms. The van der Waals surface area contributed by atoms with E-state index in [0.29, 0.717) is 28.4 Å². The minimum atomic E-state index is -1.46. The molecule has 1 aliphatic rings. The van der Waals surface area contributed by atoms with Crippen molar-refractivity contribution >= 4 is 27.5 Å². The molecule has 0 fully saturated rings. The fraction of sp³-hybridized carbons (Fsp3) is 0.286. The highest BCUT2D eigenvalue weighted by Crippen LogP contribution is 2.49. The number of halogens is 1. The monoisotopic (exact) mass is 448 g/mol. The van der Waals surface area contributed by atoms with Crippen LogP contribution in [-0.2, 0) is 19.9 Å². The quantitative estimate of drug-likeness (QED) is 0.623. The van der Waals surface area contributed by atoms with Crippen molar-refractivity contribution in [3.8, 4) is 17.2 Å². The maximum atomic E-state index is 13.0. The molecule has 1 unspecified atom stereocenters.